The number of hydrogen-bond donors (Lipinski definition) is 1. The van der Waals surface area contributed by atoms with Gasteiger partial charge in [-0.25, -0.2) is 4.98 Å². The van der Waals surface area contributed by atoms with Crippen molar-refractivity contribution in [2.24, 2.45) is 0 Å². The van der Waals surface area contributed by atoms with Crippen molar-refractivity contribution in [3.8, 4) is 0 Å². The number of aromatic nitrogens is 1. The van der Waals surface area contributed by atoms with E-state index >= 15 is 0 Å². The molecule has 0 aliphatic carbocycles. The highest BCUT2D eigenvalue weighted by molar-refractivity contribution is 7.11. The van der Waals surface area contributed by atoms with Crippen LogP contribution in [0, 0.1) is 0 Å². The number of hydrogen-bond acceptors (Lipinski definition) is 4. The third kappa shape index (κ3) is 3.29. The molecule has 0 unspecified atom stereocenters. The predicted octanol–water partition coefficient (Wildman–Crippen LogP) is 3.03. The molecule has 1 N–H and O–H groups in total. The molecular weight excluding hydrogens is 270 g/mol. The molecule has 0 aliphatic rings. The molecule has 3 nitrogen and oxygen atoms in total. The molecule has 96 valence electrons. The lowest BCUT2D eigenvalue weighted by atomic mass is 10.2. The Labute approximate surface area is 115 Å². The predicted molar refractivity (Wildman–Crippen MR) is 73.0 cm³/mol. The van der Waals surface area contributed by atoms with Crippen LogP contribution in [-0.4, -0.2) is 17.2 Å². The van der Waals surface area contributed by atoms with Gasteiger partial charge in [-0.3, -0.25) is 0 Å². The molecule has 0 saturated carbocycles. The average molecular weight is 284 g/mol. The average Bonchev–Trinajstić information content (AvgIpc) is 2.72. The van der Waals surface area contributed by atoms with Crippen molar-refractivity contribution in [2.75, 3.05) is 7.11 Å². The number of methoxy groups -OCH3 is 1. The zero-order valence-corrected chi connectivity index (χ0v) is 11.6. The first-order valence-electron chi connectivity index (χ1n) is 5.54. The number of benzene rings is 1. The lowest BCUT2D eigenvalue weighted by molar-refractivity contribution is 0.178. The minimum Gasteiger partial charge on any atom is -0.391 e. The van der Waals surface area contributed by atoms with Crippen molar-refractivity contribution >= 4 is 22.9 Å². The van der Waals surface area contributed by atoms with Crippen LogP contribution >= 0.6 is 22.9 Å². The topological polar surface area (TPSA) is 42.4 Å². The van der Waals surface area contributed by atoms with Gasteiger partial charge in [0.25, 0.3) is 0 Å². The summed E-state index contributed by atoms with van der Waals surface area (Å²) in [5, 5.41) is 11.0. The van der Waals surface area contributed by atoms with Gasteiger partial charge in [0.15, 0.2) is 0 Å². The van der Waals surface area contributed by atoms with Gasteiger partial charge in [-0.15, -0.1) is 11.3 Å². The van der Waals surface area contributed by atoms with Crippen LogP contribution in [0.5, 0.6) is 0 Å². The Morgan fingerprint density at radius 1 is 1.44 bits per heavy atom. The van der Waals surface area contributed by atoms with Gasteiger partial charge in [0.05, 0.1) is 28.8 Å². The third-order valence-electron chi connectivity index (χ3n) is 2.49. The molecule has 0 spiro atoms. The molecule has 0 saturated heterocycles. The summed E-state index contributed by atoms with van der Waals surface area (Å²) < 4.78 is 5.06. The molecule has 2 aromatic rings. The van der Waals surface area contributed by atoms with Crippen LogP contribution in [0.25, 0.3) is 0 Å². The van der Waals surface area contributed by atoms with Gasteiger partial charge in [-0.2, -0.15) is 0 Å². The molecule has 5 heteroatoms. The fraction of sp³-hybridized carbons (Fsp3) is 0.308. The summed E-state index contributed by atoms with van der Waals surface area (Å²) in [5.41, 5.74) is 1.94. The van der Waals surface area contributed by atoms with Crippen molar-refractivity contribution in [1.82, 2.24) is 4.98 Å². The number of thiazole rings is 1. The fourth-order valence-electron chi connectivity index (χ4n) is 1.71. The molecule has 1 aromatic heterocycles. The quantitative estimate of drug-likeness (QED) is 0.917. The summed E-state index contributed by atoms with van der Waals surface area (Å²) in [7, 11) is 1.62. The van der Waals surface area contributed by atoms with Gasteiger partial charge < -0.3 is 9.84 Å². The standard InChI is InChI=1S/C13H14ClNO2S/c1-17-8-11-12(7-16)18-13(15-11)6-9-3-2-4-10(14)5-9/h2-5,16H,6-8H2,1H3. The zero-order chi connectivity index (χ0) is 13.0. The summed E-state index contributed by atoms with van der Waals surface area (Å²) in [6.45, 7) is 0.438. The fourth-order valence-corrected chi connectivity index (χ4v) is 2.89. The van der Waals surface area contributed by atoms with Crippen LogP contribution in [0.1, 0.15) is 21.1 Å². The van der Waals surface area contributed by atoms with E-state index in [1.54, 1.807) is 7.11 Å². The Morgan fingerprint density at radius 2 is 2.28 bits per heavy atom. The number of ether oxygens (including phenoxy) is 1. The number of aliphatic hydroxyl groups excluding tert-OH is 1. The molecule has 0 fully saturated rings. The second-order valence-electron chi connectivity index (χ2n) is 3.88. The van der Waals surface area contributed by atoms with E-state index in [1.165, 1.54) is 11.3 Å². The van der Waals surface area contributed by atoms with Gasteiger partial charge in [0, 0.05) is 18.6 Å². The second-order valence-corrected chi connectivity index (χ2v) is 5.48. The molecule has 1 aromatic carbocycles. The van der Waals surface area contributed by atoms with Crippen LogP contribution in [0.3, 0.4) is 0 Å². The van der Waals surface area contributed by atoms with Crippen molar-refractivity contribution in [3.63, 3.8) is 0 Å². The monoisotopic (exact) mass is 283 g/mol. The van der Waals surface area contributed by atoms with Crippen molar-refractivity contribution in [3.05, 3.63) is 50.4 Å². The SMILES string of the molecule is COCc1nc(Cc2cccc(Cl)c2)sc1CO. The summed E-state index contributed by atoms with van der Waals surface area (Å²) in [6.07, 6.45) is 0.724. The van der Waals surface area contributed by atoms with E-state index in [0.717, 1.165) is 32.6 Å². The van der Waals surface area contributed by atoms with E-state index in [-0.39, 0.29) is 6.61 Å². The number of nitrogens with zero attached hydrogens (tertiary/aromatic N) is 1. The summed E-state index contributed by atoms with van der Waals surface area (Å²) in [6, 6.07) is 7.72. The molecule has 2 rings (SSSR count). The van der Waals surface area contributed by atoms with Gasteiger partial charge in [-0.05, 0) is 17.7 Å². The summed E-state index contributed by atoms with van der Waals surface area (Å²) in [4.78, 5) is 5.36. The van der Waals surface area contributed by atoms with E-state index in [1.807, 2.05) is 24.3 Å². The molecule has 0 bridgehead atoms. The van der Waals surface area contributed by atoms with Crippen molar-refractivity contribution < 1.29 is 9.84 Å². The largest absolute Gasteiger partial charge is 0.391 e. The second kappa shape index (κ2) is 6.29. The Balaban J connectivity index is 2.19. The van der Waals surface area contributed by atoms with E-state index < -0.39 is 0 Å². The highest BCUT2D eigenvalue weighted by atomic mass is 35.5. The molecule has 18 heavy (non-hydrogen) atoms. The number of rotatable bonds is 5. The third-order valence-corrected chi connectivity index (χ3v) is 3.81. The first-order chi connectivity index (χ1) is 8.72. The maximum absolute atomic E-state index is 9.26. The Hall–Kier alpha value is -0.940. The Morgan fingerprint density at radius 3 is 2.94 bits per heavy atom. The van der Waals surface area contributed by atoms with Crippen LogP contribution in [0.4, 0.5) is 0 Å². The smallest absolute Gasteiger partial charge is 0.0976 e. The maximum atomic E-state index is 9.26. The van der Waals surface area contributed by atoms with Crippen LogP contribution in [0.15, 0.2) is 24.3 Å². The normalized spacial score (nSPS) is 10.8. The molecular formula is C13H14ClNO2S. The van der Waals surface area contributed by atoms with E-state index in [2.05, 4.69) is 4.98 Å². The molecule has 0 atom stereocenters. The first kappa shape index (κ1) is 13.5. The minimum atomic E-state index is 0.00586. The highest BCUT2D eigenvalue weighted by Crippen LogP contribution is 2.23. The summed E-state index contributed by atoms with van der Waals surface area (Å²) >= 11 is 7.46. The molecule has 0 radical (unpaired) electrons. The van der Waals surface area contributed by atoms with Gasteiger partial charge in [0.1, 0.15) is 0 Å². The first-order valence-corrected chi connectivity index (χ1v) is 6.74. The van der Waals surface area contributed by atoms with Gasteiger partial charge in [-0.1, -0.05) is 23.7 Å². The lowest BCUT2D eigenvalue weighted by Crippen LogP contribution is -1.93. The molecule has 0 amide bonds. The minimum absolute atomic E-state index is 0.00586. The number of halogens is 1. The molecule has 1 heterocycles. The Bertz CT molecular complexity index is 527. The van der Waals surface area contributed by atoms with E-state index in [9.17, 15) is 5.11 Å². The highest BCUT2D eigenvalue weighted by Gasteiger charge is 2.10. The van der Waals surface area contributed by atoms with Crippen LogP contribution in [-0.2, 0) is 24.4 Å². The maximum Gasteiger partial charge on any atom is 0.0976 e. The van der Waals surface area contributed by atoms with Gasteiger partial charge >= 0.3 is 0 Å². The van der Waals surface area contributed by atoms with Crippen LogP contribution in [0.2, 0.25) is 5.02 Å². The van der Waals surface area contributed by atoms with Crippen molar-refractivity contribution in [1.29, 1.82) is 0 Å². The van der Waals surface area contributed by atoms with Gasteiger partial charge in [0.2, 0.25) is 0 Å². The Kier molecular flexibility index (Phi) is 4.72. The van der Waals surface area contributed by atoms with Crippen LogP contribution < -0.4 is 0 Å². The number of aliphatic hydroxyl groups is 1. The van der Waals surface area contributed by atoms with E-state index in [0.29, 0.717) is 6.61 Å². The van der Waals surface area contributed by atoms with Crippen molar-refractivity contribution in [2.45, 2.75) is 19.6 Å². The lowest BCUT2D eigenvalue weighted by Gasteiger charge is -1.98. The molecule has 0 aliphatic heterocycles. The zero-order valence-electron chi connectivity index (χ0n) is 10.0. The van der Waals surface area contributed by atoms with E-state index in [4.69, 9.17) is 16.3 Å². The summed E-state index contributed by atoms with van der Waals surface area (Å²) in [5.74, 6) is 0.